The van der Waals surface area contributed by atoms with E-state index in [0.717, 1.165) is 18.6 Å². The molecule has 2 N–H and O–H groups in total. The fourth-order valence-electron chi connectivity index (χ4n) is 1.97. The van der Waals surface area contributed by atoms with E-state index in [1.165, 1.54) is 0 Å². The van der Waals surface area contributed by atoms with E-state index >= 15 is 0 Å². The van der Waals surface area contributed by atoms with Crippen molar-refractivity contribution < 1.29 is 13.2 Å². The van der Waals surface area contributed by atoms with E-state index < -0.39 is 17.5 Å². The molecule has 0 saturated heterocycles. The molecule has 4 heteroatoms. The molecule has 0 bridgehead atoms. The molecule has 0 radical (unpaired) electrons. The third-order valence-electron chi connectivity index (χ3n) is 2.95. The van der Waals surface area contributed by atoms with Crippen LogP contribution in [0.4, 0.5) is 13.2 Å². The van der Waals surface area contributed by atoms with E-state index in [1.54, 1.807) is 0 Å². The first kappa shape index (κ1) is 10.5. The van der Waals surface area contributed by atoms with Crippen molar-refractivity contribution in [2.75, 3.05) is 0 Å². The maximum Gasteiger partial charge on any atom is 0.194 e. The molecule has 0 heterocycles. The van der Waals surface area contributed by atoms with Gasteiger partial charge in [0.05, 0.1) is 0 Å². The monoisotopic (exact) mass is 215 g/mol. The van der Waals surface area contributed by atoms with Crippen LogP contribution in [0.3, 0.4) is 0 Å². The van der Waals surface area contributed by atoms with E-state index in [1.807, 2.05) is 6.92 Å². The minimum Gasteiger partial charge on any atom is -0.328 e. The zero-order valence-corrected chi connectivity index (χ0v) is 8.31. The van der Waals surface area contributed by atoms with Gasteiger partial charge in [0.25, 0.3) is 0 Å². The zero-order chi connectivity index (χ0) is 11.2. The number of halogens is 3. The first-order chi connectivity index (χ1) is 7.00. The molecule has 0 aromatic heterocycles. The van der Waals surface area contributed by atoms with Crippen LogP contribution in [0.2, 0.25) is 0 Å². The lowest BCUT2D eigenvalue weighted by Gasteiger charge is -2.05. The van der Waals surface area contributed by atoms with Crippen LogP contribution in [0.5, 0.6) is 0 Å². The van der Waals surface area contributed by atoms with Crippen molar-refractivity contribution in [1.82, 2.24) is 0 Å². The van der Waals surface area contributed by atoms with Gasteiger partial charge in [-0.15, -0.1) is 0 Å². The summed E-state index contributed by atoms with van der Waals surface area (Å²) >= 11 is 0. The van der Waals surface area contributed by atoms with Gasteiger partial charge in [0.1, 0.15) is 0 Å². The fraction of sp³-hybridized carbons (Fsp3) is 0.455. The number of rotatable bonds is 2. The second-order valence-corrected chi connectivity index (χ2v) is 4.16. The Morgan fingerprint density at radius 3 is 2.20 bits per heavy atom. The largest absolute Gasteiger partial charge is 0.328 e. The SMILES string of the molecule is CC(N)C1CC1c1cc(F)c(F)c(F)c1. The quantitative estimate of drug-likeness (QED) is 0.754. The van der Waals surface area contributed by atoms with E-state index in [2.05, 4.69) is 0 Å². The Balaban J connectivity index is 2.25. The summed E-state index contributed by atoms with van der Waals surface area (Å²) in [6.07, 6.45) is 0.822. The predicted molar refractivity (Wildman–Crippen MR) is 50.8 cm³/mol. The lowest BCUT2D eigenvalue weighted by atomic mass is 10.1. The molecule has 1 aromatic carbocycles. The summed E-state index contributed by atoms with van der Waals surface area (Å²) in [6.45, 7) is 1.86. The van der Waals surface area contributed by atoms with E-state index in [-0.39, 0.29) is 17.9 Å². The van der Waals surface area contributed by atoms with Crippen LogP contribution in [0, 0.1) is 23.4 Å². The molecule has 0 amide bonds. The van der Waals surface area contributed by atoms with Gasteiger partial charge >= 0.3 is 0 Å². The average Bonchev–Trinajstić information content (AvgIpc) is 2.92. The standard InChI is InChI=1S/C11H12F3N/c1-5(15)7-4-8(7)6-2-9(12)11(14)10(13)3-6/h2-3,5,7-8H,4,15H2,1H3. The molecule has 1 aromatic rings. The molecular weight excluding hydrogens is 203 g/mol. The second kappa shape index (κ2) is 3.52. The molecule has 82 valence electrons. The Labute approximate surface area is 86.1 Å². The third-order valence-corrected chi connectivity index (χ3v) is 2.95. The first-order valence-electron chi connectivity index (χ1n) is 4.90. The maximum absolute atomic E-state index is 12.9. The molecule has 15 heavy (non-hydrogen) atoms. The summed E-state index contributed by atoms with van der Waals surface area (Å²) in [5.74, 6) is -3.32. The molecule has 1 nitrogen and oxygen atoms in total. The summed E-state index contributed by atoms with van der Waals surface area (Å²) in [5.41, 5.74) is 6.18. The summed E-state index contributed by atoms with van der Waals surface area (Å²) in [5, 5.41) is 0. The van der Waals surface area contributed by atoms with Crippen molar-refractivity contribution in [3.63, 3.8) is 0 Å². The lowest BCUT2D eigenvalue weighted by Crippen LogP contribution is -2.18. The van der Waals surface area contributed by atoms with Gasteiger partial charge in [-0.25, -0.2) is 13.2 Å². The van der Waals surface area contributed by atoms with Gasteiger partial charge in [0, 0.05) is 6.04 Å². The highest BCUT2D eigenvalue weighted by Crippen LogP contribution is 2.49. The third kappa shape index (κ3) is 1.86. The summed E-state index contributed by atoms with van der Waals surface area (Å²) in [6, 6.07) is 2.13. The van der Waals surface area contributed by atoms with Crippen LogP contribution in [0.1, 0.15) is 24.8 Å². The van der Waals surface area contributed by atoms with Gasteiger partial charge in [-0.3, -0.25) is 0 Å². The Morgan fingerprint density at radius 2 is 1.80 bits per heavy atom. The van der Waals surface area contributed by atoms with Crippen molar-refractivity contribution in [2.24, 2.45) is 11.7 Å². The molecule has 3 unspecified atom stereocenters. The van der Waals surface area contributed by atoms with Gasteiger partial charge < -0.3 is 5.73 Å². The van der Waals surface area contributed by atoms with Crippen LogP contribution >= 0.6 is 0 Å². The second-order valence-electron chi connectivity index (χ2n) is 4.16. The minimum absolute atomic E-state index is 0.00572. The summed E-state index contributed by atoms with van der Waals surface area (Å²) in [7, 11) is 0. The molecule has 3 atom stereocenters. The topological polar surface area (TPSA) is 26.0 Å². The predicted octanol–water partition coefficient (Wildman–Crippen LogP) is 2.55. The first-order valence-corrected chi connectivity index (χ1v) is 4.90. The van der Waals surface area contributed by atoms with Crippen molar-refractivity contribution in [2.45, 2.75) is 25.3 Å². The summed E-state index contributed by atoms with van der Waals surface area (Å²) in [4.78, 5) is 0. The van der Waals surface area contributed by atoms with Crippen LogP contribution in [-0.2, 0) is 0 Å². The van der Waals surface area contributed by atoms with Crippen LogP contribution in [-0.4, -0.2) is 6.04 Å². The Morgan fingerprint density at radius 1 is 1.27 bits per heavy atom. The van der Waals surface area contributed by atoms with Gasteiger partial charge in [0.15, 0.2) is 17.5 Å². The molecule has 0 spiro atoms. The lowest BCUT2D eigenvalue weighted by molar-refractivity contribution is 0.444. The number of hydrogen-bond acceptors (Lipinski definition) is 1. The number of benzene rings is 1. The van der Waals surface area contributed by atoms with Crippen LogP contribution < -0.4 is 5.73 Å². The molecule has 0 aliphatic heterocycles. The maximum atomic E-state index is 12.9. The Kier molecular flexibility index (Phi) is 2.46. The highest BCUT2D eigenvalue weighted by molar-refractivity contribution is 5.28. The molecule has 1 fully saturated rings. The van der Waals surface area contributed by atoms with Crippen molar-refractivity contribution in [1.29, 1.82) is 0 Å². The van der Waals surface area contributed by atoms with Gasteiger partial charge in [0.2, 0.25) is 0 Å². The molecule has 2 rings (SSSR count). The normalized spacial score (nSPS) is 26.5. The van der Waals surface area contributed by atoms with Gasteiger partial charge in [-0.1, -0.05) is 0 Å². The highest BCUT2D eigenvalue weighted by Gasteiger charge is 2.41. The van der Waals surface area contributed by atoms with Crippen molar-refractivity contribution in [3.8, 4) is 0 Å². The van der Waals surface area contributed by atoms with Crippen LogP contribution in [0.25, 0.3) is 0 Å². The molecule has 1 aliphatic rings. The minimum atomic E-state index is -1.41. The van der Waals surface area contributed by atoms with Gasteiger partial charge in [-0.05, 0) is 42.9 Å². The van der Waals surface area contributed by atoms with Crippen LogP contribution in [0.15, 0.2) is 12.1 Å². The van der Waals surface area contributed by atoms with E-state index in [9.17, 15) is 13.2 Å². The fourth-order valence-corrected chi connectivity index (χ4v) is 1.97. The Bertz CT molecular complexity index is 366. The molecule has 1 aliphatic carbocycles. The Hall–Kier alpha value is -1.03. The zero-order valence-electron chi connectivity index (χ0n) is 8.31. The average molecular weight is 215 g/mol. The van der Waals surface area contributed by atoms with E-state index in [0.29, 0.717) is 5.56 Å². The van der Waals surface area contributed by atoms with Crippen molar-refractivity contribution in [3.05, 3.63) is 35.1 Å². The molecule has 1 saturated carbocycles. The van der Waals surface area contributed by atoms with Crippen molar-refractivity contribution >= 4 is 0 Å². The van der Waals surface area contributed by atoms with E-state index in [4.69, 9.17) is 5.73 Å². The number of nitrogens with two attached hydrogens (primary N) is 1. The highest BCUT2D eigenvalue weighted by atomic mass is 19.2. The van der Waals surface area contributed by atoms with Gasteiger partial charge in [-0.2, -0.15) is 0 Å². The summed E-state index contributed by atoms with van der Waals surface area (Å²) < 4.78 is 38.5. The number of hydrogen-bond donors (Lipinski definition) is 1. The molecular formula is C11H12F3N. The smallest absolute Gasteiger partial charge is 0.194 e.